The number of benzene rings is 2. The molecule has 0 saturated carbocycles. The highest BCUT2D eigenvalue weighted by Gasteiger charge is 2.22. The maximum absolute atomic E-state index is 12.5. The Morgan fingerprint density at radius 1 is 1.05 bits per heavy atom. The molecule has 7 heteroatoms. The fourth-order valence-electron chi connectivity index (χ4n) is 1.98. The molecule has 1 atom stereocenters. The van der Waals surface area contributed by atoms with Gasteiger partial charge in [0, 0.05) is 16.1 Å². The van der Waals surface area contributed by atoms with Crippen LogP contribution in [0.2, 0.25) is 10.0 Å². The number of sulfonamides is 1. The van der Waals surface area contributed by atoms with Gasteiger partial charge in [0.2, 0.25) is 10.0 Å². The molecular formula is C15H15Cl2NO3S. The minimum Gasteiger partial charge on any atom is -0.495 e. The van der Waals surface area contributed by atoms with E-state index in [0.717, 1.165) is 5.56 Å². The van der Waals surface area contributed by atoms with Crippen LogP contribution in [0.15, 0.2) is 47.4 Å². The second kappa shape index (κ2) is 6.87. The summed E-state index contributed by atoms with van der Waals surface area (Å²) in [7, 11) is -2.37. The van der Waals surface area contributed by atoms with E-state index >= 15 is 0 Å². The van der Waals surface area contributed by atoms with Crippen molar-refractivity contribution in [3.63, 3.8) is 0 Å². The van der Waals surface area contributed by atoms with Crippen LogP contribution in [-0.2, 0) is 10.0 Å². The molecule has 0 aliphatic rings. The monoisotopic (exact) mass is 359 g/mol. The summed E-state index contributed by atoms with van der Waals surface area (Å²) in [6.45, 7) is 1.75. The second-order valence-corrected chi connectivity index (χ2v) is 7.24. The van der Waals surface area contributed by atoms with Crippen molar-refractivity contribution in [2.45, 2.75) is 17.9 Å². The number of hydrogen-bond donors (Lipinski definition) is 1. The summed E-state index contributed by atoms with van der Waals surface area (Å²) in [5, 5.41) is 0.913. The van der Waals surface area contributed by atoms with Crippen molar-refractivity contribution in [1.29, 1.82) is 0 Å². The standard InChI is InChI=1S/C15H15Cl2NO3S/c1-10(11-3-5-12(16)6-4-11)18-22(19,20)15-9-13(17)7-8-14(15)21-2/h3-10,18H,1-2H3/t10-/m0/s1. The predicted octanol–water partition coefficient (Wildman–Crippen LogP) is 4.04. The van der Waals surface area contributed by atoms with E-state index < -0.39 is 16.1 Å². The summed E-state index contributed by atoms with van der Waals surface area (Å²) in [6, 6.07) is 11.0. The summed E-state index contributed by atoms with van der Waals surface area (Å²) in [6.07, 6.45) is 0. The van der Waals surface area contributed by atoms with E-state index in [2.05, 4.69) is 4.72 Å². The molecule has 0 heterocycles. The molecule has 2 aromatic carbocycles. The maximum Gasteiger partial charge on any atom is 0.244 e. The first kappa shape index (κ1) is 17.1. The van der Waals surface area contributed by atoms with Crippen LogP contribution in [0.25, 0.3) is 0 Å². The second-order valence-electron chi connectivity index (χ2n) is 4.69. The first-order chi connectivity index (χ1) is 10.3. The molecule has 0 bridgehead atoms. The summed E-state index contributed by atoms with van der Waals surface area (Å²) < 4.78 is 32.8. The van der Waals surface area contributed by atoms with Crippen molar-refractivity contribution in [1.82, 2.24) is 4.72 Å². The number of ether oxygens (including phenoxy) is 1. The molecule has 0 aliphatic heterocycles. The van der Waals surface area contributed by atoms with Crippen LogP contribution in [0, 0.1) is 0 Å². The molecule has 0 unspecified atom stereocenters. The third-order valence-corrected chi connectivity index (χ3v) is 5.17. The van der Waals surface area contributed by atoms with Crippen LogP contribution in [-0.4, -0.2) is 15.5 Å². The minimum atomic E-state index is -3.78. The van der Waals surface area contributed by atoms with Crippen molar-refractivity contribution in [2.75, 3.05) is 7.11 Å². The highest BCUT2D eigenvalue weighted by molar-refractivity contribution is 7.89. The average Bonchev–Trinajstić information content (AvgIpc) is 2.47. The van der Waals surface area contributed by atoms with E-state index in [1.165, 1.54) is 19.2 Å². The molecule has 0 amide bonds. The van der Waals surface area contributed by atoms with Crippen LogP contribution in [0.1, 0.15) is 18.5 Å². The molecule has 0 aromatic heterocycles. The molecule has 0 aliphatic carbocycles. The van der Waals surface area contributed by atoms with E-state index in [1.54, 1.807) is 37.3 Å². The van der Waals surface area contributed by atoms with Gasteiger partial charge in [-0.2, -0.15) is 0 Å². The molecule has 0 radical (unpaired) electrons. The van der Waals surface area contributed by atoms with Gasteiger partial charge in [-0.15, -0.1) is 0 Å². The van der Waals surface area contributed by atoms with Crippen molar-refractivity contribution in [3.05, 3.63) is 58.1 Å². The van der Waals surface area contributed by atoms with E-state index in [-0.39, 0.29) is 10.6 Å². The summed E-state index contributed by atoms with van der Waals surface area (Å²) in [5.74, 6) is 0.236. The van der Waals surface area contributed by atoms with E-state index in [0.29, 0.717) is 10.0 Å². The van der Waals surface area contributed by atoms with Crippen LogP contribution >= 0.6 is 23.2 Å². The summed E-state index contributed by atoms with van der Waals surface area (Å²) in [5.41, 5.74) is 0.800. The van der Waals surface area contributed by atoms with E-state index in [9.17, 15) is 8.42 Å². The molecule has 22 heavy (non-hydrogen) atoms. The Kier molecular flexibility index (Phi) is 5.34. The van der Waals surface area contributed by atoms with E-state index in [1.807, 2.05) is 0 Å². The number of methoxy groups -OCH3 is 1. The molecule has 0 saturated heterocycles. The van der Waals surface area contributed by atoms with Crippen molar-refractivity contribution >= 4 is 33.2 Å². The van der Waals surface area contributed by atoms with Gasteiger partial charge in [0.1, 0.15) is 10.6 Å². The van der Waals surface area contributed by atoms with Crippen molar-refractivity contribution in [2.24, 2.45) is 0 Å². The largest absolute Gasteiger partial charge is 0.495 e. The Bertz CT molecular complexity index is 761. The number of halogens is 2. The van der Waals surface area contributed by atoms with Gasteiger partial charge in [-0.3, -0.25) is 0 Å². The zero-order valence-electron chi connectivity index (χ0n) is 12.0. The maximum atomic E-state index is 12.5. The molecule has 0 fully saturated rings. The average molecular weight is 360 g/mol. The predicted molar refractivity (Wildman–Crippen MR) is 88.2 cm³/mol. The SMILES string of the molecule is COc1ccc(Cl)cc1S(=O)(=O)N[C@@H](C)c1ccc(Cl)cc1. The summed E-state index contributed by atoms with van der Waals surface area (Å²) in [4.78, 5) is 0.00307. The smallest absolute Gasteiger partial charge is 0.244 e. The third-order valence-electron chi connectivity index (χ3n) is 3.12. The highest BCUT2D eigenvalue weighted by Crippen LogP contribution is 2.28. The van der Waals surface area contributed by atoms with Gasteiger partial charge in [-0.1, -0.05) is 35.3 Å². The first-order valence-corrected chi connectivity index (χ1v) is 8.69. The lowest BCUT2D eigenvalue weighted by Gasteiger charge is -2.16. The Morgan fingerprint density at radius 3 is 2.23 bits per heavy atom. The van der Waals surface area contributed by atoms with Gasteiger partial charge in [-0.05, 0) is 42.8 Å². The number of nitrogens with one attached hydrogen (secondary N) is 1. The van der Waals surface area contributed by atoms with E-state index in [4.69, 9.17) is 27.9 Å². The molecular weight excluding hydrogens is 345 g/mol. The van der Waals surface area contributed by atoms with Gasteiger partial charge < -0.3 is 4.74 Å². The quantitative estimate of drug-likeness (QED) is 0.876. The topological polar surface area (TPSA) is 55.4 Å². The Hall–Kier alpha value is -1.27. The van der Waals surface area contributed by atoms with Crippen molar-refractivity contribution < 1.29 is 13.2 Å². The third kappa shape index (κ3) is 3.93. The lowest BCUT2D eigenvalue weighted by Crippen LogP contribution is -2.27. The first-order valence-electron chi connectivity index (χ1n) is 6.45. The fourth-order valence-corrected chi connectivity index (χ4v) is 3.77. The number of hydrogen-bond acceptors (Lipinski definition) is 3. The Balaban J connectivity index is 2.31. The van der Waals surface area contributed by atoms with Crippen LogP contribution in [0.4, 0.5) is 0 Å². The molecule has 1 N–H and O–H groups in total. The molecule has 2 rings (SSSR count). The minimum absolute atomic E-state index is 0.00307. The van der Waals surface area contributed by atoms with Gasteiger partial charge >= 0.3 is 0 Å². The normalized spacial score (nSPS) is 12.9. The molecule has 4 nitrogen and oxygen atoms in total. The van der Waals surface area contributed by atoms with Crippen LogP contribution in [0.3, 0.4) is 0 Å². The lowest BCUT2D eigenvalue weighted by molar-refractivity contribution is 0.402. The van der Waals surface area contributed by atoms with Crippen LogP contribution < -0.4 is 9.46 Å². The molecule has 2 aromatic rings. The number of rotatable bonds is 5. The fraction of sp³-hybridized carbons (Fsp3) is 0.200. The Labute approximate surface area is 140 Å². The zero-order chi connectivity index (χ0) is 16.3. The van der Waals surface area contributed by atoms with Gasteiger partial charge in [0.05, 0.1) is 7.11 Å². The molecule has 0 spiro atoms. The van der Waals surface area contributed by atoms with Gasteiger partial charge in [0.15, 0.2) is 0 Å². The van der Waals surface area contributed by atoms with Crippen LogP contribution in [0.5, 0.6) is 5.75 Å². The lowest BCUT2D eigenvalue weighted by atomic mass is 10.1. The highest BCUT2D eigenvalue weighted by atomic mass is 35.5. The van der Waals surface area contributed by atoms with Gasteiger partial charge in [-0.25, -0.2) is 13.1 Å². The van der Waals surface area contributed by atoms with Crippen molar-refractivity contribution in [3.8, 4) is 5.75 Å². The Morgan fingerprint density at radius 2 is 1.64 bits per heavy atom. The van der Waals surface area contributed by atoms with Gasteiger partial charge in [0.25, 0.3) is 0 Å². The molecule has 118 valence electrons. The zero-order valence-corrected chi connectivity index (χ0v) is 14.3. The summed E-state index contributed by atoms with van der Waals surface area (Å²) >= 11 is 11.7.